The zero-order chi connectivity index (χ0) is 18.7. The summed E-state index contributed by atoms with van der Waals surface area (Å²) >= 11 is 1.44. The Balaban J connectivity index is 1.70. The van der Waals surface area contributed by atoms with Gasteiger partial charge in [-0.25, -0.2) is 9.67 Å². The Bertz CT molecular complexity index is 884. The molecule has 3 rings (SSSR count). The molecule has 0 radical (unpaired) electrons. The van der Waals surface area contributed by atoms with Gasteiger partial charge in [-0.3, -0.25) is 4.79 Å². The third-order valence-corrected chi connectivity index (χ3v) is 5.23. The van der Waals surface area contributed by atoms with E-state index in [0.717, 1.165) is 16.4 Å². The molecule has 2 aromatic heterocycles. The van der Waals surface area contributed by atoms with Gasteiger partial charge in [0.05, 0.1) is 23.3 Å². The molecule has 0 saturated heterocycles. The lowest BCUT2D eigenvalue weighted by Crippen LogP contribution is -2.25. The predicted octanol–water partition coefficient (Wildman–Crippen LogP) is 3.98. The van der Waals surface area contributed by atoms with E-state index in [0.29, 0.717) is 5.82 Å². The summed E-state index contributed by atoms with van der Waals surface area (Å²) < 4.78 is 3.81. The van der Waals surface area contributed by atoms with Crippen molar-refractivity contribution in [3.05, 3.63) is 48.8 Å². The molecule has 0 saturated carbocycles. The monoisotopic (exact) mass is 369 g/mol. The second kappa shape index (κ2) is 7.78. The highest BCUT2D eigenvalue weighted by molar-refractivity contribution is 8.00. The molecule has 26 heavy (non-hydrogen) atoms. The molecule has 6 nitrogen and oxygen atoms in total. The lowest BCUT2D eigenvalue weighted by Gasteiger charge is -2.15. The molecule has 0 aliphatic heterocycles. The first-order chi connectivity index (χ1) is 12.5. The molecule has 136 valence electrons. The molecule has 1 atom stereocenters. The Labute approximate surface area is 157 Å². The fourth-order valence-corrected chi connectivity index (χ4v) is 3.50. The van der Waals surface area contributed by atoms with E-state index in [4.69, 9.17) is 0 Å². The van der Waals surface area contributed by atoms with Crippen molar-refractivity contribution in [2.45, 2.75) is 37.2 Å². The van der Waals surface area contributed by atoms with Gasteiger partial charge < -0.3 is 9.88 Å². The number of amides is 1. The number of hydrogen-bond donors (Lipinski definition) is 1. The number of thioether (sulfide) groups is 1. The van der Waals surface area contributed by atoms with E-state index >= 15 is 0 Å². The van der Waals surface area contributed by atoms with Crippen LogP contribution in [0.3, 0.4) is 0 Å². The lowest BCUT2D eigenvalue weighted by atomic mass is 10.2. The summed E-state index contributed by atoms with van der Waals surface area (Å²) in [5, 5.41) is 7.72. The first kappa shape index (κ1) is 18.3. The number of nitrogens with zero attached hydrogens (tertiary/aromatic N) is 4. The fourth-order valence-electron chi connectivity index (χ4n) is 2.64. The number of nitrogens with one attached hydrogen (secondary N) is 1. The summed E-state index contributed by atoms with van der Waals surface area (Å²) in [6, 6.07) is 12.1. The van der Waals surface area contributed by atoms with Crippen molar-refractivity contribution in [3.8, 4) is 11.3 Å². The molecule has 0 fully saturated rings. The van der Waals surface area contributed by atoms with E-state index < -0.39 is 0 Å². The smallest absolute Gasteiger partial charge is 0.238 e. The zero-order valence-electron chi connectivity index (χ0n) is 15.4. The molecule has 0 aliphatic carbocycles. The van der Waals surface area contributed by atoms with Crippen LogP contribution in [-0.2, 0) is 11.8 Å². The lowest BCUT2D eigenvalue weighted by molar-refractivity contribution is -0.115. The standard InChI is InChI=1S/C19H23N5OS/c1-13(2)24-17(10-11-21-24)22-18(25)14(3)26-19-20-12-16(23(19)4)15-8-6-5-7-9-15/h5-14H,1-4H3,(H,22,25). The highest BCUT2D eigenvalue weighted by Crippen LogP contribution is 2.28. The quantitative estimate of drug-likeness (QED) is 0.668. The van der Waals surface area contributed by atoms with E-state index in [1.807, 2.05) is 62.8 Å². The number of rotatable bonds is 6. The minimum Gasteiger partial charge on any atom is -0.322 e. The Kier molecular flexibility index (Phi) is 5.46. The Morgan fingerprint density at radius 1 is 1.15 bits per heavy atom. The second-order valence-corrected chi connectivity index (χ2v) is 7.66. The van der Waals surface area contributed by atoms with Gasteiger partial charge in [-0.2, -0.15) is 5.10 Å². The number of aromatic nitrogens is 4. The molecule has 7 heteroatoms. The van der Waals surface area contributed by atoms with Crippen molar-refractivity contribution < 1.29 is 4.79 Å². The maximum atomic E-state index is 12.6. The molecule has 1 aromatic carbocycles. The molecule has 1 unspecified atom stereocenters. The average Bonchev–Trinajstić information content (AvgIpc) is 3.23. The summed E-state index contributed by atoms with van der Waals surface area (Å²) in [5.74, 6) is 0.643. The molecule has 3 aromatic rings. The molecule has 0 aliphatic rings. The number of carbonyl (C=O) groups excluding carboxylic acids is 1. The third-order valence-electron chi connectivity index (χ3n) is 4.08. The van der Waals surface area contributed by atoms with Gasteiger partial charge in [-0.15, -0.1) is 0 Å². The van der Waals surface area contributed by atoms with Crippen molar-refractivity contribution in [3.63, 3.8) is 0 Å². The van der Waals surface area contributed by atoms with Gasteiger partial charge in [0, 0.05) is 19.2 Å². The minimum atomic E-state index is -0.282. The van der Waals surface area contributed by atoms with E-state index in [2.05, 4.69) is 27.5 Å². The van der Waals surface area contributed by atoms with Crippen LogP contribution in [0.15, 0.2) is 53.9 Å². The van der Waals surface area contributed by atoms with Gasteiger partial charge in [0.1, 0.15) is 5.82 Å². The van der Waals surface area contributed by atoms with Crippen LogP contribution in [0.25, 0.3) is 11.3 Å². The van der Waals surface area contributed by atoms with Gasteiger partial charge in [0.2, 0.25) is 5.91 Å². The van der Waals surface area contributed by atoms with E-state index in [1.54, 1.807) is 10.9 Å². The molecule has 1 N–H and O–H groups in total. The Morgan fingerprint density at radius 2 is 1.88 bits per heavy atom. The number of carbonyl (C=O) groups is 1. The molecule has 0 bridgehead atoms. The van der Waals surface area contributed by atoms with Gasteiger partial charge in [-0.1, -0.05) is 42.1 Å². The van der Waals surface area contributed by atoms with Gasteiger partial charge in [0.15, 0.2) is 5.16 Å². The molecule has 2 heterocycles. The van der Waals surface area contributed by atoms with Crippen LogP contribution in [0, 0.1) is 0 Å². The second-order valence-electron chi connectivity index (χ2n) is 6.36. The highest BCUT2D eigenvalue weighted by Gasteiger charge is 2.20. The van der Waals surface area contributed by atoms with Crippen molar-refractivity contribution in [1.29, 1.82) is 0 Å². The molecule has 1 amide bonds. The summed E-state index contributed by atoms with van der Waals surface area (Å²) in [7, 11) is 1.97. The Hall–Kier alpha value is -2.54. The topological polar surface area (TPSA) is 64.7 Å². The first-order valence-corrected chi connectivity index (χ1v) is 9.43. The van der Waals surface area contributed by atoms with Crippen LogP contribution in [0.4, 0.5) is 5.82 Å². The number of benzene rings is 1. The van der Waals surface area contributed by atoms with Gasteiger partial charge in [-0.05, 0) is 26.3 Å². The third kappa shape index (κ3) is 3.83. The van der Waals surface area contributed by atoms with E-state index in [1.165, 1.54) is 11.8 Å². The van der Waals surface area contributed by atoms with Crippen molar-refractivity contribution in [1.82, 2.24) is 19.3 Å². The van der Waals surface area contributed by atoms with Crippen molar-refractivity contribution >= 4 is 23.5 Å². The van der Waals surface area contributed by atoms with Crippen LogP contribution >= 0.6 is 11.8 Å². The van der Waals surface area contributed by atoms with Crippen molar-refractivity contribution in [2.24, 2.45) is 7.05 Å². The predicted molar refractivity (Wildman–Crippen MR) is 105 cm³/mol. The average molecular weight is 369 g/mol. The van der Waals surface area contributed by atoms with Crippen molar-refractivity contribution in [2.75, 3.05) is 5.32 Å². The van der Waals surface area contributed by atoms with Crippen LogP contribution in [0.1, 0.15) is 26.8 Å². The zero-order valence-corrected chi connectivity index (χ0v) is 16.2. The molecule has 0 spiro atoms. The van der Waals surface area contributed by atoms with Gasteiger partial charge >= 0.3 is 0 Å². The maximum Gasteiger partial charge on any atom is 0.238 e. The van der Waals surface area contributed by atoms with Crippen LogP contribution in [-0.4, -0.2) is 30.5 Å². The fraction of sp³-hybridized carbons (Fsp3) is 0.316. The van der Waals surface area contributed by atoms with Crippen LogP contribution in [0.5, 0.6) is 0 Å². The summed E-state index contributed by atoms with van der Waals surface area (Å²) in [6.45, 7) is 5.94. The SMILES string of the molecule is CC(Sc1ncc(-c2ccccc2)n1C)C(=O)Nc1ccnn1C(C)C. The first-order valence-electron chi connectivity index (χ1n) is 8.55. The minimum absolute atomic E-state index is 0.0679. The maximum absolute atomic E-state index is 12.6. The van der Waals surface area contributed by atoms with E-state index in [-0.39, 0.29) is 17.2 Å². The Morgan fingerprint density at radius 3 is 2.58 bits per heavy atom. The number of hydrogen-bond acceptors (Lipinski definition) is 4. The summed E-state index contributed by atoms with van der Waals surface area (Å²) in [5.41, 5.74) is 2.13. The van der Waals surface area contributed by atoms with E-state index in [9.17, 15) is 4.79 Å². The summed E-state index contributed by atoms with van der Waals surface area (Å²) in [6.07, 6.45) is 3.54. The number of imidazole rings is 1. The highest BCUT2D eigenvalue weighted by atomic mass is 32.2. The van der Waals surface area contributed by atoms with Gasteiger partial charge in [0.25, 0.3) is 0 Å². The summed E-state index contributed by atoms with van der Waals surface area (Å²) in [4.78, 5) is 17.1. The normalized spacial score (nSPS) is 12.3. The number of anilines is 1. The molecular formula is C19H23N5OS. The molecular weight excluding hydrogens is 346 g/mol. The van der Waals surface area contributed by atoms with Crippen LogP contribution in [0.2, 0.25) is 0 Å². The van der Waals surface area contributed by atoms with Crippen LogP contribution < -0.4 is 5.32 Å². The largest absolute Gasteiger partial charge is 0.322 e.